The number of hydrogen-bond donors (Lipinski definition) is 2. The molecule has 1 unspecified atom stereocenters. The van der Waals surface area contributed by atoms with Crippen molar-refractivity contribution in [3.05, 3.63) is 52.3 Å². The molecule has 2 aromatic rings. The Morgan fingerprint density at radius 2 is 2.00 bits per heavy atom. The molecule has 0 bridgehead atoms. The van der Waals surface area contributed by atoms with Crippen molar-refractivity contribution in [2.24, 2.45) is 5.92 Å². The number of aliphatic hydroxyl groups is 1. The molecule has 0 radical (unpaired) electrons. The fraction of sp³-hybridized carbons (Fsp3) is 0.375. The molecule has 2 rings (SSSR count). The van der Waals surface area contributed by atoms with Gasteiger partial charge in [-0.05, 0) is 30.5 Å². The fourth-order valence-electron chi connectivity index (χ4n) is 2.32. The van der Waals surface area contributed by atoms with Crippen molar-refractivity contribution in [3.63, 3.8) is 0 Å². The number of nitrogens with one attached hydrogen (secondary N) is 1. The highest BCUT2D eigenvalue weighted by Crippen LogP contribution is 2.15. The lowest BCUT2D eigenvalue weighted by Gasteiger charge is -2.17. The molecule has 1 atom stereocenters. The van der Waals surface area contributed by atoms with E-state index in [0.29, 0.717) is 18.0 Å². The number of benzene rings is 1. The highest BCUT2D eigenvalue weighted by Gasteiger charge is 2.16. The van der Waals surface area contributed by atoms with Gasteiger partial charge >= 0.3 is 0 Å². The molecule has 0 fully saturated rings. The fourth-order valence-corrected chi connectivity index (χ4v) is 2.32. The number of hydrogen-bond acceptors (Lipinski definition) is 5. The minimum absolute atomic E-state index is 0.0108. The van der Waals surface area contributed by atoms with Crippen LogP contribution in [0.3, 0.4) is 0 Å². The van der Waals surface area contributed by atoms with Gasteiger partial charge in [-0.25, -0.2) is 4.68 Å². The lowest BCUT2D eigenvalue weighted by atomic mass is 10.0. The van der Waals surface area contributed by atoms with Crippen molar-refractivity contribution >= 4 is 11.6 Å². The van der Waals surface area contributed by atoms with Gasteiger partial charge in [0.05, 0.1) is 23.3 Å². The second-order valence-electron chi connectivity index (χ2n) is 5.90. The molecule has 128 valence electrons. The van der Waals surface area contributed by atoms with E-state index in [0.717, 1.165) is 0 Å². The average Bonchev–Trinajstić information content (AvgIpc) is 3.04. The van der Waals surface area contributed by atoms with Gasteiger partial charge in [-0.15, -0.1) is 0 Å². The van der Waals surface area contributed by atoms with Gasteiger partial charge in [0.2, 0.25) is 0 Å². The Morgan fingerprint density at radius 3 is 2.54 bits per heavy atom. The van der Waals surface area contributed by atoms with Crippen LogP contribution in [0.15, 0.2) is 36.5 Å². The Kier molecular flexibility index (Phi) is 5.64. The van der Waals surface area contributed by atoms with Crippen LogP contribution in [0.4, 0.5) is 5.69 Å². The summed E-state index contributed by atoms with van der Waals surface area (Å²) in [7, 11) is 0. The van der Waals surface area contributed by atoms with Gasteiger partial charge in [0.1, 0.15) is 0 Å². The summed E-state index contributed by atoms with van der Waals surface area (Å²) < 4.78 is 1.47. The van der Waals surface area contributed by atoms with Crippen molar-refractivity contribution in [2.75, 3.05) is 6.61 Å². The predicted molar refractivity (Wildman–Crippen MR) is 88.0 cm³/mol. The summed E-state index contributed by atoms with van der Waals surface area (Å²) in [6.07, 6.45) is 2.28. The second-order valence-corrected chi connectivity index (χ2v) is 5.90. The minimum atomic E-state index is -0.477. The number of carbonyl (C=O) groups excluding carboxylic acids is 1. The Hall–Kier alpha value is -2.74. The lowest BCUT2D eigenvalue weighted by molar-refractivity contribution is -0.384. The van der Waals surface area contributed by atoms with E-state index < -0.39 is 4.92 Å². The number of carbonyl (C=O) groups is 1. The first-order valence-electron chi connectivity index (χ1n) is 7.63. The van der Waals surface area contributed by atoms with E-state index >= 15 is 0 Å². The van der Waals surface area contributed by atoms with Crippen LogP contribution < -0.4 is 5.32 Å². The smallest absolute Gasteiger partial charge is 0.272 e. The number of aliphatic hydroxyl groups excluding tert-OH is 1. The Balaban J connectivity index is 2.09. The van der Waals surface area contributed by atoms with Crippen molar-refractivity contribution in [2.45, 2.75) is 26.3 Å². The van der Waals surface area contributed by atoms with E-state index in [-0.39, 0.29) is 29.9 Å². The summed E-state index contributed by atoms with van der Waals surface area (Å²) in [5.74, 6) is -0.0181. The number of nitrogens with zero attached hydrogens (tertiary/aromatic N) is 3. The number of nitro benzene ring substituents is 1. The van der Waals surface area contributed by atoms with Crippen LogP contribution in [-0.2, 0) is 0 Å². The zero-order chi connectivity index (χ0) is 17.7. The van der Waals surface area contributed by atoms with E-state index in [1.54, 1.807) is 24.4 Å². The number of amides is 1. The number of nitro groups is 1. The van der Waals surface area contributed by atoms with Crippen molar-refractivity contribution in [3.8, 4) is 5.69 Å². The first kappa shape index (κ1) is 17.6. The van der Waals surface area contributed by atoms with Gasteiger partial charge in [-0.3, -0.25) is 14.9 Å². The molecule has 24 heavy (non-hydrogen) atoms. The molecule has 2 N–H and O–H groups in total. The largest absolute Gasteiger partial charge is 0.394 e. The van der Waals surface area contributed by atoms with Crippen LogP contribution in [-0.4, -0.2) is 38.4 Å². The molecule has 0 spiro atoms. The molecular weight excluding hydrogens is 312 g/mol. The van der Waals surface area contributed by atoms with E-state index in [1.807, 2.05) is 13.8 Å². The second kappa shape index (κ2) is 7.69. The topological polar surface area (TPSA) is 110 Å². The summed E-state index contributed by atoms with van der Waals surface area (Å²) in [4.78, 5) is 22.4. The lowest BCUT2D eigenvalue weighted by Crippen LogP contribution is -2.38. The third-order valence-corrected chi connectivity index (χ3v) is 3.46. The summed E-state index contributed by atoms with van der Waals surface area (Å²) in [5.41, 5.74) is 0.819. The van der Waals surface area contributed by atoms with Gasteiger partial charge in [0, 0.05) is 18.3 Å². The Bertz CT molecular complexity index is 709. The molecule has 8 heteroatoms. The third kappa shape index (κ3) is 4.39. The average molecular weight is 332 g/mol. The van der Waals surface area contributed by atoms with Gasteiger partial charge in [0.15, 0.2) is 5.69 Å². The monoisotopic (exact) mass is 332 g/mol. The molecule has 1 aromatic heterocycles. The van der Waals surface area contributed by atoms with Gasteiger partial charge in [-0.2, -0.15) is 5.10 Å². The normalized spacial score (nSPS) is 12.2. The molecule has 0 saturated heterocycles. The quantitative estimate of drug-likeness (QED) is 0.594. The third-order valence-electron chi connectivity index (χ3n) is 3.46. The van der Waals surface area contributed by atoms with Crippen LogP contribution >= 0.6 is 0 Å². The number of aromatic nitrogens is 2. The van der Waals surface area contributed by atoms with Crippen LogP contribution in [0, 0.1) is 16.0 Å². The molecule has 1 amide bonds. The molecule has 0 aliphatic heterocycles. The zero-order valence-electron chi connectivity index (χ0n) is 13.5. The zero-order valence-corrected chi connectivity index (χ0v) is 13.5. The van der Waals surface area contributed by atoms with Crippen molar-refractivity contribution in [1.82, 2.24) is 15.1 Å². The molecule has 0 aliphatic rings. The van der Waals surface area contributed by atoms with Crippen LogP contribution in [0.25, 0.3) is 5.69 Å². The maximum Gasteiger partial charge on any atom is 0.272 e. The van der Waals surface area contributed by atoms with E-state index in [4.69, 9.17) is 0 Å². The van der Waals surface area contributed by atoms with Crippen molar-refractivity contribution < 1.29 is 14.8 Å². The van der Waals surface area contributed by atoms with Crippen LogP contribution in [0.5, 0.6) is 0 Å². The van der Waals surface area contributed by atoms with Gasteiger partial charge in [-0.1, -0.05) is 13.8 Å². The molecule has 0 aliphatic carbocycles. The van der Waals surface area contributed by atoms with Gasteiger partial charge in [0.25, 0.3) is 11.6 Å². The SMILES string of the molecule is CC(C)CC(CO)NC(=O)c1ccn(-c2ccc([N+](=O)[O-])cc2)n1. The molecule has 0 saturated carbocycles. The molecule has 1 aromatic carbocycles. The first-order valence-corrected chi connectivity index (χ1v) is 7.63. The van der Waals surface area contributed by atoms with Crippen molar-refractivity contribution in [1.29, 1.82) is 0 Å². The van der Waals surface area contributed by atoms with Crippen LogP contribution in [0.2, 0.25) is 0 Å². The summed E-state index contributed by atoms with van der Waals surface area (Å²) in [6.45, 7) is 3.89. The summed E-state index contributed by atoms with van der Waals surface area (Å²) in [6, 6.07) is 7.11. The number of non-ortho nitro benzene ring substituents is 1. The number of rotatable bonds is 7. The van der Waals surface area contributed by atoms with E-state index in [9.17, 15) is 20.0 Å². The first-order chi connectivity index (χ1) is 11.4. The molecule has 8 nitrogen and oxygen atoms in total. The Morgan fingerprint density at radius 1 is 1.33 bits per heavy atom. The van der Waals surface area contributed by atoms with Crippen LogP contribution in [0.1, 0.15) is 30.8 Å². The molecule has 1 heterocycles. The van der Waals surface area contributed by atoms with E-state index in [2.05, 4.69) is 10.4 Å². The standard InChI is InChI=1S/C16H20N4O4/c1-11(2)9-12(10-21)17-16(22)15-7-8-19(18-15)13-3-5-14(6-4-13)20(23)24/h3-8,11-12,21H,9-10H2,1-2H3,(H,17,22). The highest BCUT2D eigenvalue weighted by atomic mass is 16.6. The maximum absolute atomic E-state index is 12.2. The summed E-state index contributed by atoms with van der Waals surface area (Å²) >= 11 is 0. The highest BCUT2D eigenvalue weighted by molar-refractivity contribution is 5.92. The minimum Gasteiger partial charge on any atom is -0.394 e. The summed E-state index contributed by atoms with van der Waals surface area (Å²) in [5, 5.41) is 26.9. The Labute approximate surface area is 139 Å². The predicted octanol–water partition coefficient (Wildman–Crippen LogP) is 1.92. The van der Waals surface area contributed by atoms with E-state index in [1.165, 1.54) is 16.8 Å². The maximum atomic E-state index is 12.2. The van der Waals surface area contributed by atoms with Gasteiger partial charge < -0.3 is 10.4 Å². The molecular formula is C16H20N4O4.